The van der Waals surface area contributed by atoms with Crippen LogP contribution in [0.1, 0.15) is 33.1 Å². The summed E-state index contributed by atoms with van der Waals surface area (Å²) in [6, 6.07) is 0.816. The molecule has 0 aromatic carbocycles. The Morgan fingerprint density at radius 3 is 2.60 bits per heavy atom. The van der Waals surface area contributed by atoms with Crippen molar-refractivity contribution in [3.63, 3.8) is 0 Å². The normalized spacial score (nSPS) is 23.1. The van der Waals surface area contributed by atoms with Gasteiger partial charge < -0.3 is 15.3 Å². The summed E-state index contributed by atoms with van der Waals surface area (Å²) in [7, 11) is 0. The maximum Gasteiger partial charge on any atom is 0.194 e. The van der Waals surface area contributed by atoms with Crippen LogP contribution in [0.3, 0.4) is 0 Å². The van der Waals surface area contributed by atoms with E-state index in [1.54, 1.807) is 0 Å². The minimum absolute atomic E-state index is 0. The van der Waals surface area contributed by atoms with Gasteiger partial charge in [0.25, 0.3) is 0 Å². The molecule has 2 N–H and O–H groups in total. The second-order valence-electron chi connectivity index (χ2n) is 5.48. The molecule has 6 heteroatoms. The molecule has 0 amide bonds. The molecular weight excluding hydrogens is 367 g/mol. The minimum Gasteiger partial charge on any atom is -0.391 e. The Bertz CT molecular complexity index is 310. The fourth-order valence-corrected chi connectivity index (χ4v) is 2.68. The van der Waals surface area contributed by atoms with Gasteiger partial charge in [-0.2, -0.15) is 0 Å². The van der Waals surface area contributed by atoms with Crippen molar-refractivity contribution in [1.82, 2.24) is 15.1 Å². The lowest BCUT2D eigenvalue weighted by atomic mass is 10.3. The lowest BCUT2D eigenvalue weighted by molar-refractivity contribution is 0.187. The van der Waals surface area contributed by atoms with Crippen LogP contribution in [0.25, 0.3) is 0 Å². The van der Waals surface area contributed by atoms with Crippen LogP contribution in [-0.4, -0.2) is 72.3 Å². The molecule has 0 radical (unpaired) electrons. The summed E-state index contributed by atoms with van der Waals surface area (Å²) in [5.41, 5.74) is 0. The highest BCUT2D eigenvalue weighted by Crippen LogP contribution is 2.25. The molecule has 0 aromatic heterocycles. The fraction of sp³-hybridized carbons (Fsp3) is 0.929. The Morgan fingerprint density at radius 2 is 2.10 bits per heavy atom. The maximum atomic E-state index is 9.62. The van der Waals surface area contributed by atoms with Gasteiger partial charge in [0.05, 0.1) is 12.6 Å². The predicted molar refractivity (Wildman–Crippen MR) is 93.9 cm³/mol. The first-order valence-electron chi connectivity index (χ1n) is 7.70. The molecule has 0 unspecified atom stereocenters. The number of nitrogens with one attached hydrogen (secondary N) is 1. The summed E-state index contributed by atoms with van der Waals surface area (Å²) in [4.78, 5) is 9.39. The number of rotatable bonds is 6. The van der Waals surface area contributed by atoms with Crippen molar-refractivity contribution < 1.29 is 5.11 Å². The van der Waals surface area contributed by atoms with Crippen LogP contribution in [0.15, 0.2) is 4.99 Å². The Morgan fingerprint density at radius 1 is 1.35 bits per heavy atom. The average Bonchev–Trinajstić information content (AvgIpc) is 3.15. The number of guanidine groups is 1. The number of hydrogen-bond acceptors (Lipinski definition) is 3. The molecule has 1 atom stereocenters. The summed E-state index contributed by atoms with van der Waals surface area (Å²) in [5, 5.41) is 12.9. The van der Waals surface area contributed by atoms with Gasteiger partial charge in [-0.05, 0) is 32.7 Å². The molecule has 1 saturated carbocycles. The molecule has 0 spiro atoms. The second kappa shape index (κ2) is 9.04. The number of likely N-dealkylation sites (tertiary alicyclic amines) is 1. The lowest BCUT2D eigenvalue weighted by Crippen LogP contribution is -2.41. The molecule has 5 nitrogen and oxygen atoms in total. The zero-order valence-electron chi connectivity index (χ0n) is 12.7. The predicted octanol–water partition coefficient (Wildman–Crippen LogP) is 1.12. The number of nitrogens with zero attached hydrogens (tertiary/aromatic N) is 3. The van der Waals surface area contributed by atoms with Crippen molar-refractivity contribution in [3.05, 3.63) is 0 Å². The minimum atomic E-state index is -0.192. The van der Waals surface area contributed by atoms with Crippen LogP contribution in [-0.2, 0) is 0 Å². The molecule has 1 aliphatic heterocycles. The van der Waals surface area contributed by atoms with Crippen molar-refractivity contribution in [2.45, 2.75) is 45.3 Å². The Hall–Kier alpha value is -0.0800. The second-order valence-corrected chi connectivity index (χ2v) is 5.48. The smallest absolute Gasteiger partial charge is 0.194 e. The Labute approximate surface area is 139 Å². The van der Waals surface area contributed by atoms with E-state index < -0.39 is 0 Å². The molecule has 1 heterocycles. The standard InChI is InChI=1S/C14H28N4O.HI/c1-3-15-14(18-9-7-13(19)11-18)16-8-10-17(4-2)12-5-6-12;/h12-13,19H,3-11H2,1-2H3,(H,15,16);1H/t13-;/m1./s1. The SMILES string of the molecule is CCNC(=NCCN(CC)C1CC1)N1CC[C@@H](O)C1.I. The highest BCUT2D eigenvalue weighted by atomic mass is 127. The third kappa shape index (κ3) is 5.37. The molecule has 0 aromatic rings. The van der Waals surface area contributed by atoms with Crippen molar-refractivity contribution in [3.8, 4) is 0 Å². The van der Waals surface area contributed by atoms with Gasteiger partial charge in [0.2, 0.25) is 0 Å². The highest BCUT2D eigenvalue weighted by molar-refractivity contribution is 14.0. The maximum absolute atomic E-state index is 9.62. The van der Waals surface area contributed by atoms with E-state index >= 15 is 0 Å². The van der Waals surface area contributed by atoms with Gasteiger partial charge in [-0.25, -0.2) is 0 Å². The topological polar surface area (TPSA) is 51.1 Å². The van der Waals surface area contributed by atoms with Gasteiger partial charge in [0.15, 0.2) is 5.96 Å². The van der Waals surface area contributed by atoms with Gasteiger partial charge in [-0.1, -0.05) is 6.92 Å². The third-order valence-electron chi connectivity index (χ3n) is 3.92. The number of halogens is 1. The number of hydrogen-bond donors (Lipinski definition) is 2. The zero-order valence-corrected chi connectivity index (χ0v) is 15.0. The van der Waals surface area contributed by atoms with E-state index in [9.17, 15) is 5.11 Å². The number of aliphatic hydroxyl groups excluding tert-OH is 1. The molecule has 1 saturated heterocycles. The number of aliphatic hydroxyl groups is 1. The quantitative estimate of drug-likeness (QED) is 0.402. The zero-order chi connectivity index (χ0) is 13.7. The van der Waals surface area contributed by atoms with Gasteiger partial charge >= 0.3 is 0 Å². The number of β-amino-alcohol motifs (C(OH)–C–C–N with tert-alkyl or cyclic N) is 1. The van der Waals surface area contributed by atoms with Crippen LogP contribution < -0.4 is 5.32 Å². The van der Waals surface area contributed by atoms with Crippen molar-refractivity contribution in [1.29, 1.82) is 0 Å². The van der Waals surface area contributed by atoms with Crippen molar-refractivity contribution >= 4 is 29.9 Å². The van der Waals surface area contributed by atoms with E-state index in [4.69, 9.17) is 4.99 Å². The van der Waals surface area contributed by atoms with Crippen LogP contribution in [0.4, 0.5) is 0 Å². The number of likely N-dealkylation sites (N-methyl/N-ethyl adjacent to an activating group) is 1. The first-order valence-corrected chi connectivity index (χ1v) is 7.70. The molecule has 20 heavy (non-hydrogen) atoms. The highest BCUT2D eigenvalue weighted by Gasteiger charge is 2.27. The van der Waals surface area contributed by atoms with Crippen molar-refractivity contribution in [2.75, 3.05) is 39.3 Å². The van der Waals surface area contributed by atoms with E-state index in [0.29, 0.717) is 6.54 Å². The first kappa shape index (κ1) is 18.0. The van der Waals surface area contributed by atoms with E-state index in [1.807, 2.05) is 0 Å². The third-order valence-corrected chi connectivity index (χ3v) is 3.92. The summed E-state index contributed by atoms with van der Waals surface area (Å²) in [6.45, 7) is 9.84. The monoisotopic (exact) mass is 396 g/mol. The van der Waals surface area contributed by atoms with Gasteiger partial charge in [-0.3, -0.25) is 9.89 Å². The van der Waals surface area contributed by atoms with Gasteiger partial charge in [0, 0.05) is 32.2 Å². The number of aliphatic imine (C=N–C) groups is 1. The summed E-state index contributed by atoms with van der Waals surface area (Å²) >= 11 is 0. The van der Waals surface area contributed by atoms with E-state index in [1.165, 1.54) is 12.8 Å². The van der Waals surface area contributed by atoms with Crippen LogP contribution in [0.5, 0.6) is 0 Å². The van der Waals surface area contributed by atoms with Crippen LogP contribution in [0.2, 0.25) is 0 Å². The van der Waals surface area contributed by atoms with Crippen LogP contribution in [0, 0.1) is 0 Å². The molecule has 1 aliphatic carbocycles. The average molecular weight is 396 g/mol. The molecule has 2 aliphatic rings. The van der Waals surface area contributed by atoms with E-state index in [2.05, 4.69) is 29.0 Å². The summed E-state index contributed by atoms with van der Waals surface area (Å²) in [6.07, 6.45) is 3.38. The molecule has 118 valence electrons. The Kier molecular flexibility index (Phi) is 8.13. The molecular formula is C14H29IN4O. The summed E-state index contributed by atoms with van der Waals surface area (Å²) < 4.78 is 0. The Balaban J connectivity index is 0.00000200. The van der Waals surface area contributed by atoms with Crippen LogP contribution >= 0.6 is 24.0 Å². The first-order chi connectivity index (χ1) is 9.24. The molecule has 2 rings (SSSR count). The van der Waals surface area contributed by atoms with E-state index in [0.717, 1.165) is 51.1 Å². The molecule has 0 bridgehead atoms. The molecule has 2 fully saturated rings. The fourth-order valence-electron chi connectivity index (χ4n) is 2.68. The largest absolute Gasteiger partial charge is 0.391 e. The lowest BCUT2D eigenvalue weighted by Gasteiger charge is -2.22. The summed E-state index contributed by atoms with van der Waals surface area (Å²) in [5.74, 6) is 0.964. The van der Waals surface area contributed by atoms with Gasteiger partial charge in [-0.15, -0.1) is 24.0 Å². The van der Waals surface area contributed by atoms with Gasteiger partial charge in [0.1, 0.15) is 0 Å². The van der Waals surface area contributed by atoms with E-state index in [-0.39, 0.29) is 30.1 Å². The van der Waals surface area contributed by atoms with Crippen molar-refractivity contribution in [2.24, 2.45) is 4.99 Å².